The van der Waals surface area contributed by atoms with Crippen LogP contribution in [0.1, 0.15) is 5.69 Å². The van der Waals surface area contributed by atoms with E-state index in [1.165, 1.54) is 16.9 Å². The SMILES string of the molecule is CN=CC(=CN)n1ccc(=O)c(CNc2ccc3ncc(OCCOC)cc3c2)n1. The highest BCUT2D eigenvalue weighted by Gasteiger charge is 2.06. The molecule has 0 saturated carbocycles. The van der Waals surface area contributed by atoms with Gasteiger partial charge in [0.25, 0.3) is 0 Å². The summed E-state index contributed by atoms with van der Waals surface area (Å²) in [5, 5.41) is 8.50. The monoisotopic (exact) mass is 408 g/mol. The van der Waals surface area contributed by atoms with Gasteiger partial charge in [-0.05, 0) is 24.3 Å². The first kappa shape index (κ1) is 21.0. The minimum atomic E-state index is -0.167. The summed E-state index contributed by atoms with van der Waals surface area (Å²) in [7, 11) is 3.26. The number of aliphatic imine (C=N–C) groups is 1. The van der Waals surface area contributed by atoms with Crippen molar-refractivity contribution >= 4 is 28.5 Å². The largest absolute Gasteiger partial charge is 0.490 e. The third-order valence-electron chi connectivity index (χ3n) is 4.25. The van der Waals surface area contributed by atoms with E-state index in [2.05, 4.69) is 20.4 Å². The van der Waals surface area contributed by atoms with Gasteiger partial charge in [0, 0.05) is 49.9 Å². The van der Waals surface area contributed by atoms with Crippen molar-refractivity contribution in [2.24, 2.45) is 10.7 Å². The number of nitrogens with one attached hydrogen (secondary N) is 1. The van der Waals surface area contributed by atoms with Gasteiger partial charge in [-0.15, -0.1) is 0 Å². The highest BCUT2D eigenvalue weighted by molar-refractivity contribution is 6.01. The highest BCUT2D eigenvalue weighted by atomic mass is 16.5. The van der Waals surface area contributed by atoms with Gasteiger partial charge < -0.3 is 20.5 Å². The molecular formula is C21H24N6O3. The molecule has 0 saturated heterocycles. The molecule has 3 rings (SSSR count). The van der Waals surface area contributed by atoms with Gasteiger partial charge in [-0.2, -0.15) is 5.10 Å². The highest BCUT2D eigenvalue weighted by Crippen LogP contribution is 2.22. The van der Waals surface area contributed by atoms with Crippen molar-refractivity contribution in [3.8, 4) is 5.75 Å². The molecule has 2 heterocycles. The van der Waals surface area contributed by atoms with Crippen molar-refractivity contribution in [1.82, 2.24) is 14.8 Å². The molecule has 9 heteroatoms. The number of pyridine rings is 1. The molecule has 0 atom stereocenters. The maximum Gasteiger partial charge on any atom is 0.205 e. The number of fused-ring (bicyclic) bond motifs is 1. The number of hydrogen-bond donors (Lipinski definition) is 2. The van der Waals surface area contributed by atoms with Gasteiger partial charge in [-0.3, -0.25) is 14.8 Å². The Morgan fingerprint density at radius 3 is 2.93 bits per heavy atom. The molecule has 0 unspecified atom stereocenters. The fourth-order valence-electron chi connectivity index (χ4n) is 2.75. The molecule has 3 N–H and O–H groups in total. The third-order valence-corrected chi connectivity index (χ3v) is 4.25. The van der Waals surface area contributed by atoms with Gasteiger partial charge in [0.05, 0.1) is 30.6 Å². The fourth-order valence-corrected chi connectivity index (χ4v) is 2.75. The van der Waals surface area contributed by atoms with Gasteiger partial charge in [0.1, 0.15) is 18.1 Å². The minimum absolute atomic E-state index is 0.167. The number of nitrogens with zero attached hydrogens (tertiary/aromatic N) is 4. The standard InChI is InChI=1S/C21H24N6O3/c1-23-12-17(11-22)27-6-5-21(28)20(26-27)14-24-16-3-4-19-15(9-16)10-18(13-25-19)30-8-7-29-2/h3-6,9-13,24H,7-8,14,22H2,1-2H3. The number of benzene rings is 1. The van der Waals surface area contributed by atoms with Crippen LogP contribution in [0.3, 0.4) is 0 Å². The Morgan fingerprint density at radius 2 is 2.17 bits per heavy atom. The molecule has 0 radical (unpaired) electrons. The molecule has 2 aromatic heterocycles. The summed E-state index contributed by atoms with van der Waals surface area (Å²) in [6.45, 7) is 1.21. The molecule has 0 aliphatic rings. The molecule has 0 amide bonds. The van der Waals surface area contributed by atoms with Crippen molar-refractivity contribution in [3.05, 3.63) is 64.8 Å². The summed E-state index contributed by atoms with van der Waals surface area (Å²) in [6, 6.07) is 9.11. The summed E-state index contributed by atoms with van der Waals surface area (Å²) in [6.07, 6.45) is 6.18. The average molecular weight is 408 g/mol. The summed E-state index contributed by atoms with van der Waals surface area (Å²) in [4.78, 5) is 20.5. The Kier molecular flexibility index (Phi) is 7.12. The van der Waals surface area contributed by atoms with E-state index in [9.17, 15) is 4.79 Å². The van der Waals surface area contributed by atoms with E-state index < -0.39 is 0 Å². The Bertz CT molecular complexity index is 1120. The Hall–Kier alpha value is -3.72. The number of nitrogens with two attached hydrogens (primary N) is 1. The molecular weight excluding hydrogens is 384 g/mol. The Morgan fingerprint density at radius 1 is 1.30 bits per heavy atom. The van der Waals surface area contributed by atoms with Crippen LogP contribution in [0, 0.1) is 0 Å². The topological polar surface area (TPSA) is 117 Å². The molecule has 156 valence electrons. The van der Waals surface area contributed by atoms with Gasteiger partial charge in [0.2, 0.25) is 5.43 Å². The molecule has 0 aliphatic heterocycles. The van der Waals surface area contributed by atoms with Crippen LogP contribution in [0.25, 0.3) is 16.6 Å². The van der Waals surface area contributed by atoms with E-state index in [1.54, 1.807) is 32.8 Å². The van der Waals surface area contributed by atoms with Crippen molar-refractivity contribution in [3.63, 3.8) is 0 Å². The number of methoxy groups -OCH3 is 1. The number of ether oxygens (including phenoxy) is 2. The lowest BCUT2D eigenvalue weighted by molar-refractivity contribution is 0.146. The number of aromatic nitrogens is 3. The van der Waals surface area contributed by atoms with E-state index >= 15 is 0 Å². The second-order valence-electron chi connectivity index (χ2n) is 6.32. The van der Waals surface area contributed by atoms with Crippen molar-refractivity contribution in [2.45, 2.75) is 6.54 Å². The molecule has 0 fully saturated rings. The van der Waals surface area contributed by atoms with E-state index in [4.69, 9.17) is 15.2 Å². The zero-order valence-electron chi connectivity index (χ0n) is 16.9. The fraction of sp³-hybridized carbons (Fsp3) is 0.238. The smallest absolute Gasteiger partial charge is 0.205 e. The Labute approximate surface area is 173 Å². The zero-order valence-corrected chi connectivity index (χ0v) is 16.9. The molecule has 3 aromatic rings. The molecule has 1 aromatic carbocycles. The predicted molar refractivity (Wildman–Crippen MR) is 118 cm³/mol. The van der Waals surface area contributed by atoms with Crippen molar-refractivity contribution < 1.29 is 9.47 Å². The van der Waals surface area contributed by atoms with E-state index in [-0.39, 0.29) is 12.0 Å². The maximum atomic E-state index is 12.2. The van der Waals surface area contributed by atoms with Crippen LogP contribution in [-0.2, 0) is 11.3 Å². The van der Waals surface area contributed by atoms with Crippen LogP contribution >= 0.6 is 0 Å². The molecule has 30 heavy (non-hydrogen) atoms. The zero-order chi connectivity index (χ0) is 21.3. The second-order valence-corrected chi connectivity index (χ2v) is 6.32. The van der Waals surface area contributed by atoms with Crippen LogP contribution in [0.4, 0.5) is 5.69 Å². The number of allylic oxidation sites excluding steroid dienone is 1. The summed E-state index contributed by atoms with van der Waals surface area (Å²) < 4.78 is 12.1. The van der Waals surface area contributed by atoms with Gasteiger partial charge in [-0.25, -0.2) is 4.68 Å². The minimum Gasteiger partial charge on any atom is -0.490 e. The molecule has 9 nitrogen and oxygen atoms in total. The summed E-state index contributed by atoms with van der Waals surface area (Å²) in [5.74, 6) is 0.669. The van der Waals surface area contributed by atoms with Crippen LogP contribution < -0.4 is 21.2 Å². The normalized spacial score (nSPS) is 11.9. The van der Waals surface area contributed by atoms with Crippen molar-refractivity contribution in [1.29, 1.82) is 0 Å². The van der Waals surface area contributed by atoms with Gasteiger partial charge in [0.15, 0.2) is 0 Å². The lowest BCUT2D eigenvalue weighted by atomic mass is 10.2. The summed E-state index contributed by atoms with van der Waals surface area (Å²) in [5.41, 5.74) is 8.05. The van der Waals surface area contributed by atoms with E-state index in [1.807, 2.05) is 24.3 Å². The van der Waals surface area contributed by atoms with E-state index in [0.717, 1.165) is 16.6 Å². The average Bonchev–Trinajstić information content (AvgIpc) is 2.77. The van der Waals surface area contributed by atoms with Gasteiger partial charge >= 0.3 is 0 Å². The van der Waals surface area contributed by atoms with Crippen LogP contribution in [0.5, 0.6) is 5.75 Å². The van der Waals surface area contributed by atoms with Gasteiger partial charge in [-0.1, -0.05) is 0 Å². The lowest BCUT2D eigenvalue weighted by Crippen LogP contribution is -2.19. The first-order valence-corrected chi connectivity index (χ1v) is 9.33. The predicted octanol–water partition coefficient (Wildman–Crippen LogP) is 1.89. The van der Waals surface area contributed by atoms with Crippen LogP contribution in [0.15, 0.2) is 58.7 Å². The number of anilines is 1. The molecule has 0 spiro atoms. The number of hydrogen-bond acceptors (Lipinski definition) is 8. The first-order valence-electron chi connectivity index (χ1n) is 9.33. The van der Waals surface area contributed by atoms with Crippen LogP contribution in [-0.4, -0.2) is 48.4 Å². The first-order chi connectivity index (χ1) is 14.6. The summed E-state index contributed by atoms with van der Waals surface area (Å²) >= 11 is 0. The second kappa shape index (κ2) is 10.2. The van der Waals surface area contributed by atoms with Crippen LogP contribution in [0.2, 0.25) is 0 Å². The Balaban J connectivity index is 1.77. The van der Waals surface area contributed by atoms with E-state index in [0.29, 0.717) is 30.4 Å². The maximum absolute atomic E-state index is 12.2. The lowest BCUT2D eigenvalue weighted by Gasteiger charge is -2.10. The third kappa shape index (κ3) is 5.21. The number of rotatable bonds is 9. The van der Waals surface area contributed by atoms with Crippen molar-refractivity contribution in [2.75, 3.05) is 32.7 Å². The molecule has 0 aliphatic carbocycles. The quantitative estimate of drug-likeness (QED) is 0.410. The molecule has 0 bridgehead atoms.